The third-order valence-electron chi connectivity index (χ3n) is 1.20. The Kier molecular flexibility index (Phi) is 3.81. The predicted octanol–water partition coefficient (Wildman–Crippen LogP) is 3.20. The molecule has 0 bridgehead atoms. The zero-order valence-corrected chi connectivity index (χ0v) is 8.81. The molecule has 1 unspecified atom stereocenters. The molecule has 8 heavy (non-hydrogen) atoms. The van der Waals surface area contributed by atoms with Gasteiger partial charge in [0.05, 0.1) is 0 Å². The summed E-state index contributed by atoms with van der Waals surface area (Å²) >= 11 is 8.87. The van der Waals surface area contributed by atoms with Crippen LogP contribution in [-0.4, -0.2) is 11.8 Å². The third kappa shape index (κ3) is 2.61. The van der Waals surface area contributed by atoms with Crippen molar-refractivity contribution in [2.24, 2.45) is 0 Å². The van der Waals surface area contributed by atoms with Gasteiger partial charge in [-0.05, 0) is 27.3 Å². The van der Waals surface area contributed by atoms with Crippen molar-refractivity contribution in [3.63, 3.8) is 0 Å². The normalized spacial score (nSPS) is 18.6. The van der Waals surface area contributed by atoms with E-state index in [1.165, 1.54) is 0 Å². The Labute approximate surface area is 64.8 Å². The van der Waals surface area contributed by atoms with Crippen molar-refractivity contribution in [3.05, 3.63) is 0 Å². The van der Waals surface area contributed by atoms with E-state index >= 15 is 0 Å². The van der Waals surface area contributed by atoms with Gasteiger partial charge in [-0.15, -0.1) is 0 Å². The summed E-state index contributed by atoms with van der Waals surface area (Å²) in [5, 5.41) is 0. The molecule has 0 N–H and O–H groups in total. The number of hydrogen-bond acceptors (Lipinski definition) is 1. The molecule has 0 nitrogen and oxygen atoms in total. The van der Waals surface area contributed by atoms with Gasteiger partial charge in [0.2, 0.25) is 0 Å². The molecule has 0 aliphatic heterocycles. The predicted molar refractivity (Wildman–Crippen MR) is 48.9 cm³/mol. The van der Waals surface area contributed by atoms with E-state index in [2.05, 4.69) is 36.3 Å². The van der Waals surface area contributed by atoms with Gasteiger partial charge in [-0.3, -0.25) is 0 Å². The maximum absolute atomic E-state index is 5.30. The van der Waals surface area contributed by atoms with Crippen molar-refractivity contribution in [1.29, 1.82) is 0 Å². The van der Waals surface area contributed by atoms with Gasteiger partial charge in [-0.25, -0.2) is 0 Å². The zero-order chi connectivity index (χ0) is 6.78. The van der Waals surface area contributed by atoms with Crippen LogP contribution in [-0.2, 0) is 11.8 Å². The van der Waals surface area contributed by atoms with Crippen LogP contribution in [0.5, 0.6) is 0 Å². The first-order valence-corrected chi connectivity index (χ1v) is 7.86. The van der Waals surface area contributed by atoms with Crippen LogP contribution in [0.2, 0.25) is 0 Å². The third-order valence-corrected chi connectivity index (χ3v) is 9.61. The molecule has 0 aliphatic rings. The van der Waals surface area contributed by atoms with Crippen LogP contribution in [0, 0.1) is 0 Å². The van der Waals surface area contributed by atoms with E-state index in [9.17, 15) is 0 Å². The first-order chi connectivity index (χ1) is 3.50. The van der Waals surface area contributed by atoms with Gasteiger partial charge in [0, 0.05) is 4.74 Å². The largest absolute Gasteiger partial charge is 0.0851 e. The highest BCUT2D eigenvalue weighted by Gasteiger charge is 2.13. The average molecular weight is 215 g/mol. The van der Waals surface area contributed by atoms with E-state index in [1.807, 2.05) is 0 Å². The van der Waals surface area contributed by atoms with E-state index in [-0.39, 0.29) is 0 Å². The molecular weight excluding hydrogens is 203 g/mol. The van der Waals surface area contributed by atoms with Crippen LogP contribution in [0.25, 0.3) is 0 Å². The summed E-state index contributed by atoms with van der Waals surface area (Å²) in [5.74, 6) is 0. The summed E-state index contributed by atoms with van der Waals surface area (Å²) in [6.07, 6.45) is 1.12. The molecule has 0 saturated heterocycles. The number of rotatable bonds is 2. The SMILES string of the molecule is CCP(=S)(Br)C(C)C. The Morgan fingerprint density at radius 2 is 2.00 bits per heavy atom. The van der Waals surface area contributed by atoms with Crippen LogP contribution in [0.1, 0.15) is 20.8 Å². The van der Waals surface area contributed by atoms with Gasteiger partial charge in [0.15, 0.2) is 0 Å². The molecule has 0 spiro atoms. The van der Waals surface area contributed by atoms with Crippen molar-refractivity contribution in [1.82, 2.24) is 0 Å². The lowest BCUT2D eigenvalue weighted by Crippen LogP contribution is -1.92. The van der Waals surface area contributed by atoms with Crippen LogP contribution in [0.3, 0.4) is 0 Å². The maximum Gasteiger partial charge on any atom is 0.0193 e. The Bertz CT molecular complexity index is 111. The summed E-state index contributed by atoms with van der Waals surface area (Å²) in [5.41, 5.74) is 0.655. The first-order valence-electron chi connectivity index (χ1n) is 2.79. The van der Waals surface area contributed by atoms with Gasteiger partial charge in [0.25, 0.3) is 0 Å². The van der Waals surface area contributed by atoms with Crippen molar-refractivity contribution < 1.29 is 0 Å². The fourth-order valence-corrected chi connectivity index (χ4v) is 1.10. The molecule has 0 heterocycles. The Hall–Kier alpha value is 1.13. The lowest BCUT2D eigenvalue weighted by atomic mass is 10.6. The summed E-state index contributed by atoms with van der Waals surface area (Å²) in [6.45, 7) is 6.51. The molecule has 0 aromatic rings. The molecule has 0 fully saturated rings. The van der Waals surface area contributed by atoms with Crippen LogP contribution in [0.4, 0.5) is 0 Å². The molecule has 0 aliphatic carbocycles. The molecule has 0 rings (SSSR count). The minimum Gasteiger partial charge on any atom is -0.0851 e. The summed E-state index contributed by atoms with van der Waals surface area (Å²) in [4.78, 5) is 0. The molecule has 50 valence electrons. The fraction of sp³-hybridized carbons (Fsp3) is 1.00. The lowest BCUT2D eigenvalue weighted by Gasteiger charge is -2.15. The van der Waals surface area contributed by atoms with E-state index in [1.54, 1.807) is 0 Å². The Balaban J connectivity index is 3.93. The fourth-order valence-electron chi connectivity index (χ4n) is 0.365. The molecule has 3 heteroatoms. The Morgan fingerprint density at radius 3 is 2.00 bits per heavy atom. The highest BCUT2D eigenvalue weighted by Crippen LogP contribution is 2.57. The van der Waals surface area contributed by atoms with E-state index < -0.39 is 4.74 Å². The van der Waals surface area contributed by atoms with E-state index in [0.29, 0.717) is 5.66 Å². The minimum atomic E-state index is -1.10. The molecule has 0 aromatic carbocycles. The molecule has 0 amide bonds. The van der Waals surface area contributed by atoms with Gasteiger partial charge >= 0.3 is 0 Å². The van der Waals surface area contributed by atoms with Gasteiger partial charge in [0.1, 0.15) is 0 Å². The van der Waals surface area contributed by atoms with Crippen molar-refractivity contribution >= 4 is 32.0 Å². The molecule has 1 atom stereocenters. The van der Waals surface area contributed by atoms with Crippen LogP contribution >= 0.6 is 20.2 Å². The second kappa shape index (κ2) is 3.34. The van der Waals surface area contributed by atoms with Gasteiger partial charge in [-0.2, -0.15) is 0 Å². The smallest absolute Gasteiger partial charge is 0.0193 e. The lowest BCUT2D eigenvalue weighted by molar-refractivity contribution is 1.09. The second-order valence-electron chi connectivity index (χ2n) is 2.11. The topological polar surface area (TPSA) is 0 Å². The summed E-state index contributed by atoms with van der Waals surface area (Å²) in [6, 6.07) is 0. The minimum absolute atomic E-state index is 0.655. The van der Waals surface area contributed by atoms with Crippen molar-refractivity contribution in [3.8, 4) is 0 Å². The highest BCUT2D eigenvalue weighted by atomic mass is 79.9. The van der Waals surface area contributed by atoms with Crippen molar-refractivity contribution in [2.75, 3.05) is 6.16 Å². The Morgan fingerprint density at radius 1 is 1.62 bits per heavy atom. The molecule has 0 radical (unpaired) electrons. The first kappa shape index (κ1) is 9.13. The highest BCUT2D eigenvalue weighted by molar-refractivity contribution is 9.44. The quantitative estimate of drug-likeness (QED) is 0.637. The average Bonchev–Trinajstić information content (AvgIpc) is 1.67. The van der Waals surface area contributed by atoms with E-state index in [0.717, 1.165) is 6.16 Å². The molecule has 0 aromatic heterocycles. The summed E-state index contributed by atoms with van der Waals surface area (Å²) in [7, 11) is 0. The molecular formula is C5H12BrPS. The standard InChI is InChI=1S/C5H12BrPS/c1-4-7(6,8)5(2)3/h5H,4H2,1-3H3. The van der Waals surface area contributed by atoms with Crippen molar-refractivity contribution in [2.45, 2.75) is 26.4 Å². The van der Waals surface area contributed by atoms with E-state index in [4.69, 9.17) is 11.8 Å². The number of hydrogen-bond donors (Lipinski definition) is 0. The zero-order valence-electron chi connectivity index (χ0n) is 5.52. The van der Waals surface area contributed by atoms with Crippen LogP contribution < -0.4 is 0 Å². The van der Waals surface area contributed by atoms with Crippen LogP contribution in [0.15, 0.2) is 0 Å². The van der Waals surface area contributed by atoms with Gasteiger partial charge in [-0.1, -0.05) is 32.6 Å². The molecule has 0 saturated carbocycles. The number of halogens is 1. The summed E-state index contributed by atoms with van der Waals surface area (Å²) < 4.78 is -1.10. The van der Waals surface area contributed by atoms with Gasteiger partial charge < -0.3 is 0 Å². The maximum atomic E-state index is 5.30. The second-order valence-corrected chi connectivity index (χ2v) is 12.3. The monoisotopic (exact) mass is 214 g/mol.